The first kappa shape index (κ1) is 17.6. The Morgan fingerprint density at radius 1 is 1.24 bits per heavy atom. The molecule has 1 amide bonds. The summed E-state index contributed by atoms with van der Waals surface area (Å²) < 4.78 is 0. The lowest BCUT2D eigenvalue weighted by atomic mass is 9.94. The number of nitrogens with zero attached hydrogens (tertiary/aromatic N) is 2. The van der Waals surface area contributed by atoms with E-state index < -0.39 is 17.9 Å². The fourth-order valence-electron chi connectivity index (χ4n) is 3.88. The number of ketones is 1. The van der Waals surface area contributed by atoms with Crippen molar-refractivity contribution in [1.82, 2.24) is 10.2 Å². The van der Waals surface area contributed by atoms with Gasteiger partial charge in [0.2, 0.25) is 5.91 Å². The summed E-state index contributed by atoms with van der Waals surface area (Å²) in [6.07, 6.45) is 4.96. The third-order valence-corrected chi connectivity index (χ3v) is 5.50. The second-order valence-corrected chi connectivity index (χ2v) is 7.12. The number of nitrogens with one attached hydrogen (secondary N) is 1. The monoisotopic (exact) mass is 339 g/mol. The Morgan fingerprint density at radius 3 is 2.60 bits per heavy atom. The lowest BCUT2D eigenvalue weighted by Gasteiger charge is -2.33. The molecular formula is C20H25N3O2. The number of carbonyl (C=O) groups excluding carboxylic acids is 2. The molecule has 1 aromatic rings. The summed E-state index contributed by atoms with van der Waals surface area (Å²) in [6.45, 7) is 3.27. The molecule has 0 radical (unpaired) electrons. The van der Waals surface area contributed by atoms with Crippen molar-refractivity contribution >= 4 is 11.7 Å². The molecule has 0 unspecified atom stereocenters. The van der Waals surface area contributed by atoms with Crippen molar-refractivity contribution in [3.05, 3.63) is 35.4 Å². The number of amides is 1. The van der Waals surface area contributed by atoms with Crippen LogP contribution in [0.25, 0.3) is 0 Å². The third kappa shape index (κ3) is 3.91. The molecule has 0 spiro atoms. The lowest BCUT2D eigenvalue weighted by molar-refractivity contribution is -0.135. The van der Waals surface area contributed by atoms with Crippen LogP contribution in [0.4, 0.5) is 0 Å². The Labute approximate surface area is 149 Å². The third-order valence-electron chi connectivity index (χ3n) is 5.50. The van der Waals surface area contributed by atoms with Crippen molar-refractivity contribution in [2.75, 3.05) is 6.54 Å². The predicted molar refractivity (Wildman–Crippen MR) is 94.5 cm³/mol. The van der Waals surface area contributed by atoms with Gasteiger partial charge in [-0.25, -0.2) is 0 Å². The lowest BCUT2D eigenvalue weighted by Crippen LogP contribution is -2.48. The zero-order valence-electron chi connectivity index (χ0n) is 14.7. The highest BCUT2D eigenvalue weighted by atomic mass is 16.2. The molecule has 1 heterocycles. The van der Waals surface area contributed by atoms with Gasteiger partial charge in [0.15, 0.2) is 11.7 Å². The number of nitriles is 1. The van der Waals surface area contributed by atoms with Gasteiger partial charge in [-0.3, -0.25) is 14.5 Å². The minimum Gasteiger partial charge on any atom is -0.352 e. The van der Waals surface area contributed by atoms with Gasteiger partial charge in [-0.2, -0.15) is 5.26 Å². The molecule has 0 aromatic heterocycles. The number of hydrogen-bond acceptors (Lipinski definition) is 4. The maximum absolute atomic E-state index is 12.8. The normalized spacial score (nSPS) is 20.3. The SMILES string of the molecule is C[C@H](C(=O)[C@H](C#N)C(=O)NC1CCCC1)N1CCc2ccccc2C1. The van der Waals surface area contributed by atoms with Gasteiger partial charge < -0.3 is 5.32 Å². The molecule has 1 fully saturated rings. The average molecular weight is 339 g/mol. The minimum absolute atomic E-state index is 0.119. The van der Waals surface area contributed by atoms with Crippen molar-refractivity contribution in [1.29, 1.82) is 5.26 Å². The van der Waals surface area contributed by atoms with Gasteiger partial charge in [-0.1, -0.05) is 37.1 Å². The summed E-state index contributed by atoms with van der Waals surface area (Å²) in [7, 11) is 0. The highest BCUT2D eigenvalue weighted by Crippen LogP contribution is 2.22. The van der Waals surface area contributed by atoms with E-state index in [-0.39, 0.29) is 11.8 Å². The number of Topliss-reactive ketones (excluding diaryl/α,β-unsaturated/α-hetero) is 1. The minimum atomic E-state index is -1.22. The van der Waals surface area contributed by atoms with Crippen LogP contribution in [-0.4, -0.2) is 35.2 Å². The first-order valence-electron chi connectivity index (χ1n) is 9.14. The molecule has 132 valence electrons. The molecular weight excluding hydrogens is 314 g/mol. The van der Waals surface area contributed by atoms with Crippen LogP contribution < -0.4 is 5.32 Å². The van der Waals surface area contributed by atoms with E-state index in [2.05, 4.69) is 22.3 Å². The second-order valence-electron chi connectivity index (χ2n) is 7.12. The number of hydrogen-bond donors (Lipinski definition) is 1. The topological polar surface area (TPSA) is 73.2 Å². The fourth-order valence-corrected chi connectivity index (χ4v) is 3.88. The molecule has 1 saturated carbocycles. The second kappa shape index (κ2) is 7.79. The number of rotatable bonds is 5. The predicted octanol–water partition coefficient (Wildman–Crippen LogP) is 2.20. The van der Waals surface area contributed by atoms with Crippen molar-refractivity contribution in [3.63, 3.8) is 0 Å². The summed E-state index contributed by atoms with van der Waals surface area (Å²) in [5.41, 5.74) is 2.53. The van der Waals surface area contributed by atoms with E-state index in [1.54, 1.807) is 0 Å². The Bertz CT molecular complexity index is 688. The molecule has 25 heavy (non-hydrogen) atoms. The summed E-state index contributed by atoms with van der Waals surface area (Å²) >= 11 is 0. The molecule has 0 bridgehead atoms. The van der Waals surface area contributed by atoms with Crippen molar-refractivity contribution < 1.29 is 9.59 Å². The van der Waals surface area contributed by atoms with Crippen LogP contribution in [0.5, 0.6) is 0 Å². The van der Waals surface area contributed by atoms with Crippen molar-refractivity contribution in [2.45, 2.75) is 57.7 Å². The van der Waals surface area contributed by atoms with Gasteiger partial charge >= 0.3 is 0 Å². The van der Waals surface area contributed by atoms with Crippen molar-refractivity contribution in [3.8, 4) is 6.07 Å². The zero-order valence-corrected chi connectivity index (χ0v) is 14.7. The highest BCUT2D eigenvalue weighted by Gasteiger charge is 2.35. The molecule has 0 saturated heterocycles. The van der Waals surface area contributed by atoms with Crippen LogP contribution >= 0.6 is 0 Å². The number of benzene rings is 1. The molecule has 1 aromatic carbocycles. The Kier molecular flexibility index (Phi) is 5.50. The van der Waals surface area contributed by atoms with Gasteiger partial charge in [0.05, 0.1) is 12.1 Å². The largest absolute Gasteiger partial charge is 0.352 e. The first-order valence-corrected chi connectivity index (χ1v) is 9.14. The molecule has 1 aliphatic carbocycles. The quantitative estimate of drug-likeness (QED) is 0.835. The van der Waals surface area contributed by atoms with E-state index in [0.717, 1.165) is 38.6 Å². The molecule has 2 atom stereocenters. The smallest absolute Gasteiger partial charge is 0.245 e. The van der Waals surface area contributed by atoms with Gasteiger partial charge in [0.1, 0.15) is 0 Å². The standard InChI is InChI=1S/C20H25N3O2/c1-14(23-11-10-15-6-2-3-7-16(15)13-23)19(24)18(12-21)20(25)22-17-8-4-5-9-17/h2-3,6-7,14,17-18H,4-5,8-11,13H2,1H3,(H,22,25)/t14-,18+/m1/s1. The maximum atomic E-state index is 12.8. The van der Waals surface area contributed by atoms with E-state index in [9.17, 15) is 14.9 Å². The molecule has 5 heteroatoms. The summed E-state index contributed by atoms with van der Waals surface area (Å²) in [4.78, 5) is 27.2. The van der Waals surface area contributed by atoms with E-state index in [1.165, 1.54) is 11.1 Å². The molecule has 3 rings (SSSR count). The van der Waals surface area contributed by atoms with Crippen LogP contribution in [-0.2, 0) is 22.6 Å². The fraction of sp³-hybridized carbons (Fsp3) is 0.550. The molecule has 2 aliphatic rings. The molecule has 1 N–H and O–H groups in total. The highest BCUT2D eigenvalue weighted by molar-refractivity contribution is 6.06. The van der Waals surface area contributed by atoms with E-state index >= 15 is 0 Å². The molecule has 5 nitrogen and oxygen atoms in total. The molecule has 1 aliphatic heterocycles. The van der Waals surface area contributed by atoms with E-state index in [1.807, 2.05) is 25.1 Å². The average Bonchev–Trinajstić information content (AvgIpc) is 3.14. The zero-order chi connectivity index (χ0) is 17.8. The van der Waals surface area contributed by atoms with E-state index in [0.29, 0.717) is 6.54 Å². The van der Waals surface area contributed by atoms with Crippen molar-refractivity contribution in [2.24, 2.45) is 5.92 Å². The Morgan fingerprint density at radius 2 is 1.92 bits per heavy atom. The van der Waals surface area contributed by atoms with Gasteiger partial charge in [0, 0.05) is 19.1 Å². The van der Waals surface area contributed by atoms with Crippen LogP contribution in [0.2, 0.25) is 0 Å². The summed E-state index contributed by atoms with van der Waals surface area (Å²) in [5, 5.41) is 12.3. The van der Waals surface area contributed by atoms with Crippen LogP contribution in [0.3, 0.4) is 0 Å². The first-order chi connectivity index (χ1) is 12.1. The summed E-state index contributed by atoms with van der Waals surface area (Å²) in [6, 6.07) is 9.83. The van der Waals surface area contributed by atoms with Crippen LogP contribution in [0.15, 0.2) is 24.3 Å². The Balaban J connectivity index is 1.64. The number of fused-ring (bicyclic) bond motifs is 1. The van der Waals surface area contributed by atoms with E-state index in [4.69, 9.17) is 0 Å². The van der Waals surface area contributed by atoms with Gasteiger partial charge in [-0.05, 0) is 37.3 Å². The Hall–Kier alpha value is -2.19. The van der Waals surface area contributed by atoms with Gasteiger partial charge in [0.25, 0.3) is 0 Å². The van der Waals surface area contributed by atoms with Crippen LogP contribution in [0, 0.1) is 17.2 Å². The summed E-state index contributed by atoms with van der Waals surface area (Å²) in [5.74, 6) is -1.94. The maximum Gasteiger partial charge on any atom is 0.245 e. The number of carbonyl (C=O) groups is 2. The van der Waals surface area contributed by atoms with Crippen LogP contribution in [0.1, 0.15) is 43.7 Å². The van der Waals surface area contributed by atoms with Gasteiger partial charge in [-0.15, -0.1) is 0 Å².